The normalized spacial score (nSPS) is 22.8. The van der Waals surface area contributed by atoms with E-state index in [2.05, 4.69) is 25.7 Å². The molecule has 0 spiro atoms. The molecule has 1 aliphatic rings. The fourth-order valence-electron chi connectivity index (χ4n) is 1.07. The van der Waals surface area contributed by atoms with Gasteiger partial charge in [-0.05, 0) is 17.9 Å². The predicted molar refractivity (Wildman–Crippen MR) is 55.1 cm³/mol. The first-order valence-electron chi connectivity index (χ1n) is 4.10. The Labute approximate surface area is 78.9 Å². The van der Waals surface area contributed by atoms with Crippen molar-refractivity contribution in [1.29, 1.82) is 0 Å². The molecule has 1 rings (SSSR count). The van der Waals surface area contributed by atoms with Gasteiger partial charge in [0, 0.05) is 5.03 Å². The third-order valence-electron chi connectivity index (χ3n) is 1.83. The minimum Gasteiger partial charge on any atom is -0.0843 e. The second-order valence-corrected chi connectivity index (χ2v) is 3.48. The molecule has 1 heteroatoms. The number of rotatable bonds is 1. The summed E-state index contributed by atoms with van der Waals surface area (Å²) in [6, 6.07) is 0. The zero-order chi connectivity index (χ0) is 8.97. The van der Waals surface area contributed by atoms with Crippen molar-refractivity contribution in [3.63, 3.8) is 0 Å². The molecule has 64 valence electrons. The lowest BCUT2D eigenvalue weighted by molar-refractivity contribution is 0.743. The van der Waals surface area contributed by atoms with E-state index in [0.29, 0.717) is 11.0 Å². The van der Waals surface area contributed by atoms with Gasteiger partial charge in [-0.1, -0.05) is 55.5 Å². The van der Waals surface area contributed by atoms with Crippen molar-refractivity contribution in [3.05, 3.63) is 47.6 Å². The number of hydrogen-bond acceptors (Lipinski definition) is 0. The zero-order valence-electron chi connectivity index (χ0n) is 7.26. The van der Waals surface area contributed by atoms with Gasteiger partial charge < -0.3 is 0 Å². The highest BCUT2D eigenvalue weighted by atomic mass is 35.5. The quantitative estimate of drug-likeness (QED) is 0.576. The van der Waals surface area contributed by atoms with E-state index in [0.717, 1.165) is 12.0 Å². The minimum absolute atomic E-state index is 0.602. The summed E-state index contributed by atoms with van der Waals surface area (Å²) in [7, 11) is 0. The molecule has 0 aromatic heterocycles. The van der Waals surface area contributed by atoms with E-state index in [9.17, 15) is 0 Å². The second kappa shape index (κ2) is 4.32. The van der Waals surface area contributed by atoms with Crippen molar-refractivity contribution in [2.75, 3.05) is 0 Å². The van der Waals surface area contributed by atoms with Crippen LogP contribution in [0.4, 0.5) is 0 Å². The molecule has 12 heavy (non-hydrogen) atoms. The molecule has 0 nitrogen and oxygen atoms in total. The van der Waals surface area contributed by atoms with Gasteiger partial charge in [0.05, 0.1) is 0 Å². The molecule has 0 aromatic rings. The molecule has 1 atom stereocenters. The standard InChI is InChI=1S/C11H13Cl/c1-9-5-3-7-11(10(2)12)8-4-6-9/h3-5,7-9H,2,6H2,1H3. The summed E-state index contributed by atoms with van der Waals surface area (Å²) >= 11 is 5.77. The van der Waals surface area contributed by atoms with Gasteiger partial charge in [-0.2, -0.15) is 0 Å². The van der Waals surface area contributed by atoms with E-state index in [1.54, 1.807) is 0 Å². The monoisotopic (exact) mass is 180 g/mol. The largest absolute Gasteiger partial charge is 0.0843 e. The van der Waals surface area contributed by atoms with E-state index in [4.69, 9.17) is 11.6 Å². The molecule has 0 N–H and O–H groups in total. The predicted octanol–water partition coefficient (Wildman–Crippen LogP) is 3.82. The average Bonchev–Trinajstić information content (AvgIpc) is 1.95. The van der Waals surface area contributed by atoms with Crippen molar-refractivity contribution >= 4 is 11.6 Å². The summed E-state index contributed by atoms with van der Waals surface area (Å²) in [6.07, 6.45) is 11.4. The van der Waals surface area contributed by atoms with Crippen LogP contribution < -0.4 is 0 Å². The van der Waals surface area contributed by atoms with E-state index in [-0.39, 0.29) is 0 Å². The van der Waals surface area contributed by atoms with Crippen molar-refractivity contribution in [1.82, 2.24) is 0 Å². The molecule has 0 saturated carbocycles. The van der Waals surface area contributed by atoms with Crippen molar-refractivity contribution in [2.24, 2.45) is 5.92 Å². The van der Waals surface area contributed by atoms with Crippen LogP contribution in [-0.2, 0) is 0 Å². The summed E-state index contributed by atoms with van der Waals surface area (Å²) in [5, 5.41) is 0.602. The SMILES string of the molecule is C=C(Cl)C1=CC=CC(C)CC=C1. The van der Waals surface area contributed by atoms with Gasteiger partial charge in [-0.15, -0.1) is 0 Å². The van der Waals surface area contributed by atoms with Gasteiger partial charge in [0.15, 0.2) is 0 Å². The molecule has 0 radical (unpaired) electrons. The minimum atomic E-state index is 0.602. The summed E-state index contributed by atoms with van der Waals surface area (Å²) in [6.45, 7) is 5.87. The average molecular weight is 181 g/mol. The van der Waals surface area contributed by atoms with Crippen LogP contribution in [0.15, 0.2) is 47.6 Å². The van der Waals surface area contributed by atoms with Crippen LogP contribution >= 0.6 is 11.6 Å². The Bertz CT molecular complexity index is 256. The smallest absolute Gasteiger partial charge is 0.0406 e. The third-order valence-corrected chi connectivity index (χ3v) is 2.05. The first-order valence-corrected chi connectivity index (χ1v) is 4.48. The van der Waals surface area contributed by atoms with E-state index >= 15 is 0 Å². The van der Waals surface area contributed by atoms with Crippen molar-refractivity contribution in [3.8, 4) is 0 Å². The second-order valence-electron chi connectivity index (χ2n) is 3.03. The number of halogens is 1. The van der Waals surface area contributed by atoms with Crippen LogP contribution in [0.5, 0.6) is 0 Å². The maximum Gasteiger partial charge on any atom is 0.0406 e. The van der Waals surface area contributed by atoms with E-state index in [1.807, 2.05) is 18.2 Å². The van der Waals surface area contributed by atoms with Crippen LogP contribution in [0.1, 0.15) is 13.3 Å². The Hall–Kier alpha value is -0.750. The Balaban J connectivity index is 2.82. The molecule has 0 amide bonds. The van der Waals surface area contributed by atoms with E-state index in [1.165, 1.54) is 0 Å². The number of allylic oxidation sites excluding steroid dienone is 7. The molecular weight excluding hydrogens is 168 g/mol. The van der Waals surface area contributed by atoms with Gasteiger partial charge in [-0.3, -0.25) is 0 Å². The zero-order valence-corrected chi connectivity index (χ0v) is 8.01. The maximum atomic E-state index is 5.77. The first-order chi connectivity index (χ1) is 5.70. The molecule has 0 aromatic carbocycles. The maximum absolute atomic E-state index is 5.77. The summed E-state index contributed by atoms with van der Waals surface area (Å²) < 4.78 is 0. The van der Waals surface area contributed by atoms with Gasteiger partial charge in [0.25, 0.3) is 0 Å². The summed E-state index contributed by atoms with van der Waals surface area (Å²) in [4.78, 5) is 0. The Morgan fingerprint density at radius 2 is 2.42 bits per heavy atom. The lowest BCUT2D eigenvalue weighted by Gasteiger charge is -2.04. The highest BCUT2D eigenvalue weighted by Crippen LogP contribution is 2.17. The lowest BCUT2D eigenvalue weighted by Crippen LogP contribution is -1.88. The molecule has 0 saturated heterocycles. The fourth-order valence-corrected chi connectivity index (χ4v) is 1.20. The van der Waals surface area contributed by atoms with Crippen LogP contribution in [-0.4, -0.2) is 0 Å². The molecular formula is C11H13Cl. The molecule has 0 aliphatic heterocycles. The topological polar surface area (TPSA) is 0 Å². The summed E-state index contributed by atoms with van der Waals surface area (Å²) in [5.74, 6) is 0.614. The Morgan fingerprint density at radius 1 is 1.67 bits per heavy atom. The first kappa shape index (κ1) is 9.34. The Morgan fingerprint density at radius 3 is 3.08 bits per heavy atom. The highest BCUT2D eigenvalue weighted by Gasteiger charge is 1.98. The van der Waals surface area contributed by atoms with Crippen LogP contribution in [0.2, 0.25) is 0 Å². The van der Waals surface area contributed by atoms with Gasteiger partial charge in [0.1, 0.15) is 0 Å². The van der Waals surface area contributed by atoms with Crippen LogP contribution in [0.3, 0.4) is 0 Å². The lowest BCUT2D eigenvalue weighted by atomic mass is 10.0. The van der Waals surface area contributed by atoms with Gasteiger partial charge in [0.2, 0.25) is 0 Å². The van der Waals surface area contributed by atoms with Crippen molar-refractivity contribution in [2.45, 2.75) is 13.3 Å². The fraction of sp³-hybridized carbons (Fsp3) is 0.273. The van der Waals surface area contributed by atoms with E-state index < -0.39 is 0 Å². The van der Waals surface area contributed by atoms with Gasteiger partial charge >= 0.3 is 0 Å². The van der Waals surface area contributed by atoms with Gasteiger partial charge in [-0.25, -0.2) is 0 Å². The summed E-state index contributed by atoms with van der Waals surface area (Å²) in [5.41, 5.74) is 1.000. The Kier molecular flexibility index (Phi) is 3.36. The number of hydrogen-bond donors (Lipinski definition) is 0. The molecule has 1 aliphatic carbocycles. The third kappa shape index (κ3) is 2.71. The molecule has 0 fully saturated rings. The molecule has 0 bridgehead atoms. The highest BCUT2D eigenvalue weighted by molar-refractivity contribution is 6.32. The molecule has 1 unspecified atom stereocenters. The van der Waals surface area contributed by atoms with Crippen molar-refractivity contribution < 1.29 is 0 Å². The molecule has 0 heterocycles. The van der Waals surface area contributed by atoms with Crippen LogP contribution in [0.25, 0.3) is 0 Å². The van der Waals surface area contributed by atoms with Crippen LogP contribution in [0, 0.1) is 5.92 Å².